The topological polar surface area (TPSA) is 73.0 Å². The third-order valence-corrected chi connectivity index (χ3v) is 4.23. The average molecular weight is 395 g/mol. The SMILES string of the molecule is CCN(C(=O)n1nnn(-c2c(F)cccc2P)c1=O)c1cccc(F)c1F. The lowest BCUT2D eigenvalue weighted by atomic mass is 10.2. The number of hydrogen-bond donors (Lipinski definition) is 0. The van der Waals surface area contributed by atoms with E-state index in [-0.39, 0.29) is 17.9 Å². The summed E-state index contributed by atoms with van der Waals surface area (Å²) < 4.78 is 42.6. The first-order chi connectivity index (χ1) is 12.9. The van der Waals surface area contributed by atoms with Crippen LogP contribution in [0.25, 0.3) is 5.69 Å². The van der Waals surface area contributed by atoms with Crippen LogP contribution < -0.4 is 15.9 Å². The van der Waals surface area contributed by atoms with Crippen LogP contribution in [-0.2, 0) is 0 Å². The van der Waals surface area contributed by atoms with Crippen molar-refractivity contribution in [3.63, 3.8) is 0 Å². The molecule has 0 radical (unpaired) electrons. The van der Waals surface area contributed by atoms with Gasteiger partial charge in [-0.2, -0.15) is 4.68 Å². The molecule has 1 aromatic heterocycles. The van der Waals surface area contributed by atoms with Crippen LogP contribution in [0.4, 0.5) is 23.7 Å². The van der Waals surface area contributed by atoms with E-state index in [1.54, 1.807) is 0 Å². The van der Waals surface area contributed by atoms with Gasteiger partial charge < -0.3 is 0 Å². The summed E-state index contributed by atoms with van der Waals surface area (Å²) in [5.41, 5.74) is -1.60. The lowest BCUT2D eigenvalue weighted by Gasteiger charge is -2.20. The van der Waals surface area contributed by atoms with E-state index in [0.717, 1.165) is 17.0 Å². The summed E-state index contributed by atoms with van der Waals surface area (Å²) in [6, 6.07) is 6.34. The van der Waals surface area contributed by atoms with E-state index in [9.17, 15) is 22.8 Å². The highest BCUT2D eigenvalue weighted by Gasteiger charge is 2.26. The molecule has 1 heterocycles. The molecule has 2 aromatic carbocycles. The third-order valence-electron chi connectivity index (χ3n) is 3.76. The van der Waals surface area contributed by atoms with Gasteiger partial charge in [0.2, 0.25) is 0 Å². The summed E-state index contributed by atoms with van der Waals surface area (Å²) in [6.07, 6.45) is 0. The number of rotatable bonds is 3. The second kappa shape index (κ2) is 7.32. The fraction of sp³-hybridized carbons (Fsp3) is 0.125. The van der Waals surface area contributed by atoms with Crippen molar-refractivity contribution in [2.45, 2.75) is 6.92 Å². The normalized spacial score (nSPS) is 10.9. The number of nitrogens with zero attached hydrogens (tertiary/aromatic N) is 5. The maximum Gasteiger partial charge on any atom is 0.377 e. The minimum absolute atomic E-state index is 0.0763. The van der Waals surface area contributed by atoms with Gasteiger partial charge in [-0.25, -0.2) is 22.8 Å². The van der Waals surface area contributed by atoms with E-state index in [2.05, 4.69) is 19.7 Å². The highest BCUT2D eigenvalue weighted by Crippen LogP contribution is 2.21. The molecule has 140 valence electrons. The number of aromatic nitrogens is 4. The number of para-hydroxylation sites is 1. The Morgan fingerprint density at radius 2 is 1.78 bits per heavy atom. The molecule has 0 aliphatic heterocycles. The number of halogens is 3. The Morgan fingerprint density at radius 1 is 1.11 bits per heavy atom. The van der Waals surface area contributed by atoms with Gasteiger partial charge in [0.1, 0.15) is 11.5 Å². The molecule has 3 aromatic rings. The van der Waals surface area contributed by atoms with E-state index in [4.69, 9.17) is 0 Å². The number of carbonyl (C=O) groups excluding carboxylic acids is 1. The zero-order valence-electron chi connectivity index (χ0n) is 13.9. The van der Waals surface area contributed by atoms with Crippen molar-refractivity contribution >= 4 is 26.3 Å². The molecule has 0 fully saturated rings. The third kappa shape index (κ3) is 3.23. The van der Waals surface area contributed by atoms with E-state index >= 15 is 0 Å². The molecule has 7 nitrogen and oxygen atoms in total. The second-order valence-corrected chi connectivity index (χ2v) is 5.98. The van der Waals surface area contributed by atoms with Crippen LogP contribution in [0.5, 0.6) is 0 Å². The van der Waals surface area contributed by atoms with Crippen LogP contribution in [0.3, 0.4) is 0 Å². The second-order valence-electron chi connectivity index (χ2n) is 5.36. The maximum atomic E-state index is 14.1. The summed E-state index contributed by atoms with van der Waals surface area (Å²) in [6.45, 7) is 1.43. The first-order valence-electron chi connectivity index (χ1n) is 7.72. The standard InChI is InChI=1S/C16H13F3N5O2P/c1-2-22(11-7-3-5-9(17)13(11)19)15(25)24-16(26)23(20-21-24)14-10(18)6-4-8-12(14)27/h3-8H,2,27H2,1H3. The van der Waals surface area contributed by atoms with Crippen LogP contribution >= 0.6 is 9.24 Å². The van der Waals surface area contributed by atoms with Gasteiger partial charge in [-0.1, -0.05) is 18.2 Å². The first kappa shape index (κ1) is 18.8. The van der Waals surface area contributed by atoms with Crippen LogP contribution in [0, 0.1) is 17.5 Å². The lowest BCUT2D eigenvalue weighted by Crippen LogP contribution is -2.41. The van der Waals surface area contributed by atoms with Gasteiger partial charge in [-0.15, -0.1) is 13.9 Å². The van der Waals surface area contributed by atoms with E-state index in [1.807, 2.05) is 0 Å². The van der Waals surface area contributed by atoms with Crippen molar-refractivity contribution in [1.82, 2.24) is 19.8 Å². The Morgan fingerprint density at radius 3 is 2.44 bits per heavy atom. The summed E-state index contributed by atoms with van der Waals surface area (Å²) in [5, 5.41) is 7.30. The maximum absolute atomic E-state index is 14.1. The van der Waals surface area contributed by atoms with Gasteiger partial charge in [-0.3, -0.25) is 4.90 Å². The monoisotopic (exact) mass is 395 g/mol. The van der Waals surface area contributed by atoms with E-state index < -0.39 is 29.2 Å². The van der Waals surface area contributed by atoms with E-state index in [0.29, 0.717) is 14.7 Å². The summed E-state index contributed by atoms with van der Waals surface area (Å²) in [5.74, 6) is -3.13. The minimum atomic E-state index is -1.24. The predicted molar refractivity (Wildman–Crippen MR) is 95.1 cm³/mol. The van der Waals surface area contributed by atoms with Gasteiger partial charge >= 0.3 is 11.7 Å². The largest absolute Gasteiger partial charge is 0.377 e. The first-order valence-corrected chi connectivity index (χ1v) is 8.29. The van der Waals surface area contributed by atoms with Crippen molar-refractivity contribution in [3.05, 3.63) is 64.3 Å². The van der Waals surface area contributed by atoms with Gasteiger partial charge in [0.15, 0.2) is 11.6 Å². The molecule has 0 aliphatic carbocycles. The van der Waals surface area contributed by atoms with Crippen LogP contribution in [0.15, 0.2) is 41.2 Å². The highest BCUT2D eigenvalue weighted by molar-refractivity contribution is 7.27. The quantitative estimate of drug-likeness (QED) is 0.501. The Labute approximate surface area is 153 Å². The molecule has 1 atom stereocenters. The Kier molecular flexibility index (Phi) is 5.09. The molecule has 0 N–H and O–H groups in total. The molecule has 0 bridgehead atoms. The molecular formula is C16H13F3N5O2P. The van der Waals surface area contributed by atoms with Crippen molar-refractivity contribution in [2.75, 3.05) is 11.4 Å². The number of amides is 1. The van der Waals surface area contributed by atoms with Crippen molar-refractivity contribution < 1.29 is 18.0 Å². The minimum Gasteiger partial charge on any atom is -0.290 e. The zero-order chi connectivity index (χ0) is 19.7. The molecule has 27 heavy (non-hydrogen) atoms. The molecule has 1 amide bonds. The van der Waals surface area contributed by atoms with Gasteiger partial charge in [0, 0.05) is 6.54 Å². The smallest absolute Gasteiger partial charge is 0.290 e. The van der Waals surface area contributed by atoms with E-state index in [1.165, 1.54) is 31.2 Å². The summed E-state index contributed by atoms with van der Waals surface area (Å²) in [4.78, 5) is 26.0. The average Bonchev–Trinajstić information content (AvgIpc) is 3.00. The highest BCUT2D eigenvalue weighted by atomic mass is 31.0. The molecule has 0 saturated heterocycles. The van der Waals surface area contributed by atoms with Crippen molar-refractivity contribution in [2.24, 2.45) is 0 Å². The van der Waals surface area contributed by atoms with Crippen LogP contribution in [0.2, 0.25) is 0 Å². The number of anilines is 1. The van der Waals surface area contributed by atoms with Crippen molar-refractivity contribution in [3.8, 4) is 5.69 Å². The predicted octanol–water partition coefficient (Wildman–Crippen LogP) is 1.84. The summed E-state index contributed by atoms with van der Waals surface area (Å²) >= 11 is 0. The fourth-order valence-electron chi connectivity index (χ4n) is 2.49. The Bertz CT molecular complexity index is 1060. The summed E-state index contributed by atoms with van der Waals surface area (Å²) in [7, 11) is 2.24. The number of hydrogen-bond acceptors (Lipinski definition) is 4. The number of tetrazole rings is 1. The Hall–Kier alpha value is -3.00. The molecule has 0 saturated carbocycles. The number of benzene rings is 2. The van der Waals surface area contributed by atoms with Crippen LogP contribution in [-0.4, -0.2) is 32.4 Å². The molecule has 11 heteroatoms. The zero-order valence-corrected chi connectivity index (χ0v) is 15.1. The lowest BCUT2D eigenvalue weighted by molar-refractivity contribution is 0.243. The molecule has 1 unspecified atom stereocenters. The molecule has 0 spiro atoms. The molecule has 3 rings (SSSR count). The van der Waals surface area contributed by atoms with Gasteiger partial charge in [0.25, 0.3) is 0 Å². The van der Waals surface area contributed by atoms with Crippen molar-refractivity contribution in [1.29, 1.82) is 0 Å². The number of carbonyl (C=O) groups is 1. The fourth-order valence-corrected chi connectivity index (χ4v) is 2.86. The Balaban J connectivity index is 2.07. The molecule has 0 aliphatic rings. The van der Waals surface area contributed by atoms with Gasteiger partial charge in [-0.05, 0) is 40.9 Å². The molecular weight excluding hydrogens is 382 g/mol. The van der Waals surface area contributed by atoms with Crippen LogP contribution in [0.1, 0.15) is 6.92 Å². The van der Waals surface area contributed by atoms with Gasteiger partial charge in [0.05, 0.1) is 5.69 Å².